The first-order chi connectivity index (χ1) is 17.5. The second-order valence-electron chi connectivity index (χ2n) is 11.5. The van der Waals surface area contributed by atoms with Crippen LogP contribution in [0.4, 0.5) is 0 Å². The second-order valence-corrected chi connectivity index (χ2v) is 26.5. The lowest BCUT2D eigenvalue weighted by atomic mass is 10.1. The molecular weight excluding hydrogens is 537 g/mol. The summed E-state index contributed by atoms with van der Waals surface area (Å²) in [6.45, 7) is 9.70. The van der Waals surface area contributed by atoms with Crippen molar-refractivity contribution in [1.82, 2.24) is 0 Å². The van der Waals surface area contributed by atoms with E-state index in [1.165, 1.54) is 76.3 Å². The molecule has 0 aromatic carbocycles. The predicted molar refractivity (Wildman–Crippen MR) is 164 cm³/mol. The molecule has 0 aliphatic rings. The molecule has 0 unspecified atom stereocenters. The van der Waals surface area contributed by atoms with Gasteiger partial charge in [0.1, 0.15) is 0 Å². The van der Waals surface area contributed by atoms with Crippen LogP contribution in [0.25, 0.3) is 0 Å². The highest BCUT2D eigenvalue weighted by Crippen LogP contribution is 2.26. The van der Waals surface area contributed by atoms with Gasteiger partial charge in [-0.3, -0.25) is 0 Å². The van der Waals surface area contributed by atoms with E-state index in [9.17, 15) is 0 Å². The van der Waals surface area contributed by atoms with Crippen molar-refractivity contribution in [2.45, 2.75) is 127 Å². The third-order valence-corrected chi connectivity index (χ3v) is 20.6. The lowest BCUT2D eigenvalue weighted by Crippen LogP contribution is -2.44. The number of unbranched alkanes of at least 4 members (excludes halogenated alkanes) is 10. The van der Waals surface area contributed by atoms with Gasteiger partial charge in [-0.25, -0.2) is 0 Å². The fourth-order valence-corrected chi connectivity index (χ4v) is 17.8. The van der Waals surface area contributed by atoms with Crippen molar-refractivity contribution in [2.75, 3.05) is 42.7 Å². The minimum absolute atomic E-state index is 0.906. The Kier molecular flexibility index (Phi) is 20.8. The van der Waals surface area contributed by atoms with E-state index in [1.54, 1.807) is 42.7 Å². The van der Waals surface area contributed by atoms with Crippen LogP contribution in [0.15, 0.2) is 0 Å². The third-order valence-electron chi connectivity index (χ3n) is 7.44. The van der Waals surface area contributed by atoms with Crippen LogP contribution in [0.3, 0.4) is 0 Å². The molecule has 0 radical (unpaired) electrons. The summed E-state index contributed by atoms with van der Waals surface area (Å²) in [6.07, 6.45) is 15.1. The second kappa shape index (κ2) is 20.5. The molecule has 0 saturated heterocycles. The molecule has 0 spiro atoms. The first kappa shape index (κ1) is 37.6. The van der Waals surface area contributed by atoms with E-state index in [0.717, 1.165) is 24.9 Å². The quantitative estimate of drug-likeness (QED) is 0.0742. The van der Waals surface area contributed by atoms with E-state index in [0.29, 0.717) is 0 Å². The minimum Gasteiger partial charge on any atom is -0.455 e. The van der Waals surface area contributed by atoms with Gasteiger partial charge in [-0.1, -0.05) is 64.2 Å². The standard InChI is InChI=1S/C26H62O7Si4/c1-27-36(28-2,29-3)25-21-17-13-11-15-19-23-34(7,8)33-35(9,10)24-20-16-12-14-18-22-26-37(30-4,31-5)32-6/h11-26H2,1-10H3. The van der Waals surface area contributed by atoms with Crippen LogP contribution >= 0.6 is 0 Å². The maximum atomic E-state index is 6.87. The van der Waals surface area contributed by atoms with Gasteiger partial charge >= 0.3 is 17.6 Å². The maximum absolute atomic E-state index is 6.87. The first-order valence-electron chi connectivity index (χ1n) is 14.5. The number of hydrogen-bond donors (Lipinski definition) is 0. The first-order valence-corrected chi connectivity index (χ1v) is 24.6. The Balaban J connectivity index is 3.94. The Morgan fingerprint density at radius 2 is 0.541 bits per heavy atom. The zero-order chi connectivity index (χ0) is 28.3. The van der Waals surface area contributed by atoms with Crippen molar-refractivity contribution >= 4 is 34.2 Å². The largest absolute Gasteiger partial charge is 0.500 e. The van der Waals surface area contributed by atoms with E-state index >= 15 is 0 Å². The molecule has 7 nitrogen and oxygen atoms in total. The molecule has 0 rings (SSSR count). The minimum atomic E-state index is -2.39. The van der Waals surface area contributed by atoms with Crippen LogP contribution in [-0.4, -0.2) is 76.9 Å². The lowest BCUT2D eigenvalue weighted by molar-refractivity contribution is 0.122. The van der Waals surface area contributed by atoms with Crippen LogP contribution in [0.1, 0.15) is 77.0 Å². The predicted octanol–water partition coefficient (Wildman–Crippen LogP) is 7.85. The van der Waals surface area contributed by atoms with E-state index in [4.69, 9.17) is 30.7 Å². The molecule has 37 heavy (non-hydrogen) atoms. The summed E-state index contributed by atoms with van der Waals surface area (Å²) in [6, 6.07) is 4.38. The van der Waals surface area contributed by atoms with Gasteiger partial charge in [0.2, 0.25) is 0 Å². The fourth-order valence-electron chi connectivity index (χ4n) is 5.16. The van der Waals surface area contributed by atoms with Crippen LogP contribution in [-0.2, 0) is 30.7 Å². The summed E-state index contributed by atoms with van der Waals surface area (Å²) in [5.41, 5.74) is 0. The zero-order valence-corrected chi connectivity index (χ0v) is 30.2. The summed E-state index contributed by atoms with van der Waals surface area (Å²) in [5, 5.41) is 0. The molecule has 0 bridgehead atoms. The Morgan fingerprint density at radius 1 is 0.324 bits per heavy atom. The van der Waals surface area contributed by atoms with Crippen molar-refractivity contribution in [2.24, 2.45) is 0 Å². The van der Waals surface area contributed by atoms with Gasteiger partial charge in [0.05, 0.1) is 0 Å². The Morgan fingerprint density at radius 3 is 0.784 bits per heavy atom. The topological polar surface area (TPSA) is 64.6 Å². The molecular formula is C26H62O7Si4. The van der Waals surface area contributed by atoms with Crippen LogP contribution in [0.5, 0.6) is 0 Å². The molecule has 0 N–H and O–H groups in total. The van der Waals surface area contributed by atoms with Gasteiger partial charge in [-0.05, 0) is 51.1 Å². The number of hydrogen-bond acceptors (Lipinski definition) is 7. The summed E-state index contributed by atoms with van der Waals surface area (Å²) < 4.78 is 39.9. The Labute approximate surface area is 234 Å². The van der Waals surface area contributed by atoms with Crippen molar-refractivity contribution in [1.29, 1.82) is 0 Å². The molecule has 0 aliphatic carbocycles. The van der Waals surface area contributed by atoms with Crippen LogP contribution < -0.4 is 0 Å². The van der Waals surface area contributed by atoms with E-state index in [2.05, 4.69) is 26.2 Å². The summed E-state index contributed by atoms with van der Waals surface area (Å²) in [4.78, 5) is 0. The maximum Gasteiger partial charge on any atom is 0.500 e. The Hall–Kier alpha value is 0.588. The Bertz CT molecular complexity index is 482. The normalized spacial score (nSPS) is 13.5. The molecule has 0 fully saturated rings. The molecule has 0 aromatic heterocycles. The summed E-state index contributed by atoms with van der Waals surface area (Å²) in [5.74, 6) is 0. The summed E-state index contributed by atoms with van der Waals surface area (Å²) in [7, 11) is 2.22. The van der Waals surface area contributed by atoms with E-state index < -0.39 is 34.2 Å². The third kappa shape index (κ3) is 17.1. The monoisotopic (exact) mass is 598 g/mol. The fraction of sp³-hybridized carbons (Fsp3) is 1.00. The van der Waals surface area contributed by atoms with Crippen molar-refractivity contribution in [3.63, 3.8) is 0 Å². The van der Waals surface area contributed by atoms with Crippen molar-refractivity contribution in [3.8, 4) is 0 Å². The summed E-state index contributed by atoms with van der Waals surface area (Å²) >= 11 is 0. The molecule has 0 saturated carbocycles. The molecule has 0 amide bonds. The highest BCUT2D eigenvalue weighted by molar-refractivity contribution is 6.84. The zero-order valence-electron chi connectivity index (χ0n) is 26.2. The van der Waals surface area contributed by atoms with Gasteiger partial charge in [0, 0.05) is 54.7 Å². The van der Waals surface area contributed by atoms with E-state index in [-0.39, 0.29) is 0 Å². The van der Waals surface area contributed by atoms with Crippen molar-refractivity contribution < 1.29 is 30.7 Å². The lowest BCUT2D eigenvalue weighted by Gasteiger charge is -2.34. The molecule has 11 heteroatoms. The van der Waals surface area contributed by atoms with Crippen molar-refractivity contribution in [3.05, 3.63) is 0 Å². The number of rotatable bonds is 26. The van der Waals surface area contributed by atoms with Gasteiger partial charge < -0.3 is 30.7 Å². The van der Waals surface area contributed by atoms with Gasteiger partial charge in [0.25, 0.3) is 0 Å². The van der Waals surface area contributed by atoms with Crippen LogP contribution in [0.2, 0.25) is 50.4 Å². The van der Waals surface area contributed by atoms with E-state index in [1.807, 2.05) is 0 Å². The average Bonchev–Trinajstić information content (AvgIpc) is 2.87. The molecule has 0 heterocycles. The SMILES string of the molecule is CO[Si](CCCCCCCC[Si](C)(C)O[Si](C)(C)CCCCCCCC[Si](OC)(OC)OC)(OC)OC. The van der Waals surface area contributed by atoms with Gasteiger partial charge in [-0.15, -0.1) is 0 Å². The van der Waals surface area contributed by atoms with Gasteiger partial charge in [-0.2, -0.15) is 0 Å². The van der Waals surface area contributed by atoms with Gasteiger partial charge in [0.15, 0.2) is 16.6 Å². The highest BCUT2D eigenvalue weighted by Gasteiger charge is 2.37. The molecule has 0 aliphatic heterocycles. The molecule has 0 aromatic rings. The smallest absolute Gasteiger partial charge is 0.455 e. The van der Waals surface area contributed by atoms with Crippen LogP contribution in [0, 0.1) is 0 Å². The average molecular weight is 599 g/mol. The molecule has 224 valence electrons. The highest BCUT2D eigenvalue weighted by atomic mass is 28.4. The molecule has 0 atom stereocenters.